The number of hydrogen-bond donors (Lipinski definition) is 1. The minimum atomic E-state index is -0.717. The van der Waals surface area contributed by atoms with E-state index in [-0.39, 0.29) is 12.3 Å². The Bertz CT molecular complexity index is 411. The summed E-state index contributed by atoms with van der Waals surface area (Å²) < 4.78 is 0. The third-order valence-corrected chi connectivity index (χ3v) is 4.13. The van der Waals surface area contributed by atoms with E-state index in [1.807, 2.05) is 24.3 Å². The Morgan fingerprint density at radius 3 is 2.67 bits per heavy atom. The number of carboxylic acids is 1. The van der Waals surface area contributed by atoms with Crippen LogP contribution in [0.2, 0.25) is 5.02 Å². The molecule has 0 spiro atoms. The second-order valence-electron chi connectivity index (χ2n) is 5.16. The number of carbonyl (C=O) groups is 1. The first kappa shape index (κ1) is 13.4. The first-order valence-electron chi connectivity index (χ1n) is 6.64. The van der Waals surface area contributed by atoms with Gasteiger partial charge in [-0.1, -0.05) is 43.0 Å². The van der Waals surface area contributed by atoms with E-state index in [4.69, 9.17) is 16.7 Å². The molecule has 1 aliphatic rings. The topological polar surface area (TPSA) is 37.3 Å². The molecule has 1 aliphatic carbocycles. The molecule has 1 N–H and O–H groups in total. The van der Waals surface area contributed by atoms with Gasteiger partial charge in [-0.15, -0.1) is 0 Å². The summed E-state index contributed by atoms with van der Waals surface area (Å²) in [5.41, 5.74) is 1.08. The van der Waals surface area contributed by atoms with E-state index in [1.54, 1.807) is 0 Å². The largest absolute Gasteiger partial charge is 0.481 e. The monoisotopic (exact) mass is 266 g/mol. The fraction of sp³-hybridized carbons (Fsp3) is 0.533. The number of halogens is 1. The Balaban J connectivity index is 2.20. The van der Waals surface area contributed by atoms with Gasteiger partial charge in [-0.05, 0) is 42.4 Å². The molecule has 18 heavy (non-hydrogen) atoms. The number of aliphatic carboxylic acids is 1. The van der Waals surface area contributed by atoms with Crippen molar-refractivity contribution in [1.82, 2.24) is 0 Å². The second kappa shape index (κ2) is 6.24. The van der Waals surface area contributed by atoms with Crippen molar-refractivity contribution >= 4 is 17.6 Å². The maximum absolute atomic E-state index is 11.1. The molecule has 2 nitrogen and oxygen atoms in total. The molecule has 0 heterocycles. The predicted molar refractivity (Wildman–Crippen MR) is 73.0 cm³/mol. The van der Waals surface area contributed by atoms with Gasteiger partial charge in [-0.25, -0.2) is 0 Å². The molecular formula is C15H19ClO2. The maximum atomic E-state index is 11.1. The van der Waals surface area contributed by atoms with Gasteiger partial charge in [0.15, 0.2) is 0 Å². The molecule has 0 saturated heterocycles. The molecule has 1 unspecified atom stereocenters. The molecule has 1 aromatic carbocycles. The zero-order valence-electron chi connectivity index (χ0n) is 10.4. The highest BCUT2D eigenvalue weighted by Crippen LogP contribution is 2.38. The zero-order valence-corrected chi connectivity index (χ0v) is 11.2. The predicted octanol–water partition coefficient (Wildman–Crippen LogP) is 4.48. The zero-order chi connectivity index (χ0) is 13.0. The number of hydrogen-bond acceptors (Lipinski definition) is 1. The highest BCUT2D eigenvalue weighted by atomic mass is 35.5. The summed E-state index contributed by atoms with van der Waals surface area (Å²) in [4.78, 5) is 11.1. The SMILES string of the molecule is O=C(O)CC(c1cccc(Cl)c1)C1CCCCC1. The van der Waals surface area contributed by atoms with Crippen molar-refractivity contribution in [2.75, 3.05) is 0 Å². The van der Waals surface area contributed by atoms with Crippen LogP contribution in [-0.2, 0) is 4.79 Å². The van der Waals surface area contributed by atoms with E-state index in [9.17, 15) is 4.79 Å². The van der Waals surface area contributed by atoms with E-state index < -0.39 is 5.97 Å². The molecule has 1 aromatic rings. The maximum Gasteiger partial charge on any atom is 0.303 e. The Hall–Kier alpha value is -1.02. The minimum Gasteiger partial charge on any atom is -0.481 e. The Labute approximate surface area is 113 Å². The lowest BCUT2D eigenvalue weighted by molar-refractivity contribution is -0.137. The van der Waals surface area contributed by atoms with Gasteiger partial charge < -0.3 is 5.11 Å². The van der Waals surface area contributed by atoms with Crippen molar-refractivity contribution in [2.45, 2.75) is 44.4 Å². The molecule has 1 saturated carbocycles. The number of carboxylic acid groups (broad SMARTS) is 1. The standard InChI is InChI=1S/C15H19ClO2/c16-13-8-4-7-12(9-13)14(10-15(17)18)11-5-2-1-3-6-11/h4,7-9,11,14H,1-3,5-6,10H2,(H,17,18). The van der Waals surface area contributed by atoms with Crippen molar-refractivity contribution in [3.63, 3.8) is 0 Å². The lowest BCUT2D eigenvalue weighted by atomic mass is 9.75. The molecule has 0 bridgehead atoms. The van der Waals surface area contributed by atoms with Crippen LogP contribution >= 0.6 is 11.6 Å². The summed E-state index contributed by atoms with van der Waals surface area (Å²) in [5, 5.41) is 9.81. The van der Waals surface area contributed by atoms with Gasteiger partial charge in [0.25, 0.3) is 0 Å². The molecule has 0 radical (unpaired) electrons. The molecule has 2 rings (SSSR count). The van der Waals surface area contributed by atoms with Gasteiger partial charge in [-0.2, -0.15) is 0 Å². The average Bonchev–Trinajstić information content (AvgIpc) is 2.37. The molecule has 0 aromatic heterocycles. The quantitative estimate of drug-likeness (QED) is 0.872. The molecule has 98 valence electrons. The summed E-state index contributed by atoms with van der Waals surface area (Å²) in [6.07, 6.45) is 6.23. The number of benzene rings is 1. The fourth-order valence-electron chi connectivity index (χ4n) is 3.02. The van der Waals surface area contributed by atoms with Crippen LogP contribution < -0.4 is 0 Å². The van der Waals surface area contributed by atoms with Crippen molar-refractivity contribution in [3.05, 3.63) is 34.9 Å². The highest BCUT2D eigenvalue weighted by Gasteiger charge is 2.27. The third kappa shape index (κ3) is 3.49. The van der Waals surface area contributed by atoms with E-state index in [2.05, 4.69) is 0 Å². The van der Waals surface area contributed by atoms with Gasteiger partial charge >= 0.3 is 5.97 Å². The molecular weight excluding hydrogens is 248 g/mol. The third-order valence-electron chi connectivity index (χ3n) is 3.89. The van der Waals surface area contributed by atoms with Crippen LogP contribution in [0.15, 0.2) is 24.3 Å². The Morgan fingerprint density at radius 1 is 1.33 bits per heavy atom. The lowest BCUT2D eigenvalue weighted by Crippen LogP contribution is -2.19. The van der Waals surface area contributed by atoms with Crippen LogP contribution in [0.25, 0.3) is 0 Å². The molecule has 1 atom stereocenters. The van der Waals surface area contributed by atoms with E-state index in [0.717, 1.165) is 18.4 Å². The van der Waals surface area contributed by atoms with Crippen LogP contribution in [0, 0.1) is 5.92 Å². The molecule has 0 aliphatic heterocycles. The smallest absolute Gasteiger partial charge is 0.303 e. The van der Waals surface area contributed by atoms with Crippen LogP contribution in [0.4, 0.5) is 0 Å². The van der Waals surface area contributed by atoms with Crippen LogP contribution in [0.3, 0.4) is 0 Å². The van der Waals surface area contributed by atoms with E-state index >= 15 is 0 Å². The van der Waals surface area contributed by atoms with E-state index in [0.29, 0.717) is 10.9 Å². The van der Waals surface area contributed by atoms with Gasteiger partial charge in [-0.3, -0.25) is 4.79 Å². The average molecular weight is 267 g/mol. The summed E-state index contributed by atoms with van der Waals surface area (Å²) in [6, 6.07) is 7.68. The molecule has 3 heteroatoms. The lowest BCUT2D eigenvalue weighted by Gasteiger charge is -2.29. The molecule has 1 fully saturated rings. The number of rotatable bonds is 4. The summed E-state index contributed by atoms with van der Waals surface area (Å²) in [6.45, 7) is 0. The van der Waals surface area contributed by atoms with Crippen molar-refractivity contribution < 1.29 is 9.90 Å². The van der Waals surface area contributed by atoms with E-state index in [1.165, 1.54) is 19.3 Å². The summed E-state index contributed by atoms with van der Waals surface area (Å²) in [5.74, 6) is -0.111. The molecule has 0 amide bonds. The van der Waals surface area contributed by atoms with Gasteiger partial charge in [0.1, 0.15) is 0 Å². The first-order valence-corrected chi connectivity index (χ1v) is 7.02. The van der Waals surface area contributed by atoms with Crippen molar-refractivity contribution in [2.24, 2.45) is 5.92 Å². The van der Waals surface area contributed by atoms with Gasteiger partial charge in [0.05, 0.1) is 6.42 Å². The van der Waals surface area contributed by atoms with Crippen LogP contribution in [0.1, 0.15) is 50.0 Å². The van der Waals surface area contributed by atoms with Crippen LogP contribution in [0.5, 0.6) is 0 Å². The Kier molecular flexibility index (Phi) is 4.65. The van der Waals surface area contributed by atoms with Crippen LogP contribution in [-0.4, -0.2) is 11.1 Å². The van der Waals surface area contributed by atoms with Gasteiger partial charge in [0.2, 0.25) is 0 Å². The minimum absolute atomic E-state index is 0.112. The van der Waals surface area contributed by atoms with Crippen molar-refractivity contribution in [1.29, 1.82) is 0 Å². The highest BCUT2D eigenvalue weighted by molar-refractivity contribution is 6.30. The Morgan fingerprint density at radius 2 is 2.06 bits per heavy atom. The summed E-state index contributed by atoms with van der Waals surface area (Å²) >= 11 is 6.02. The first-order chi connectivity index (χ1) is 8.66. The second-order valence-corrected chi connectivity index (χ2v) is 5.59. The summed E-state index contributed by atoms with van der Waals surface area (Å²) in [7, 11) is 0. The van der Waals surface area contributed by atoms with Gasteiger partial charge in [0, 0.05) is 5.02 Å². The fourth-order valence-corrected chi connectivity index (χ4v) is 3.22. The van der Waals surface area contributed by atoms with Crippen molar-refractivity contribution in [3.8, 4) is 0 Å². The normalized spacial score (nSPS) is 18.5.